The lowest BCUT2D eigenvalue weighted by Gasteiger charge is -2.33. The highest BCUT2D eigenvalue weighted by Gasteiger charge is 2.27. The number of benzene rings is 1. The SMILES string of the molecule is CNC1CCN(c2ccc(Nc3ccc(-c4cnc5cccnn45)c4c3C(=O)NC4)nc2)CC1. The van der Waals surface area contributed by atoms with Crippen LogP contribution in [0, 0.1) is 0 Å². The molecule has 0 spiro atoms. The van der Waals surface area contributed by atoms with E-state index >= 15 is 0 Å². The molecule has 6 rings (SSSR count). The summed E-state index contributed by atoms with van der Waals surface area (Å²) in [6.45, 7) is 2.51. The Labute approximate surface area is 197 Å². The minimum atomic E-state index is -0.0924. The maximum atomic E-state index is 12.8. The number of nitrogens with one attached hydrogen (secondary N) is 3. The molecule has 1 amide bonds. The van der Waals surface area contributed by atoms with Crippen molar-refractivity contribution in [3.05, 3.63) is 66.1 Å². The third-order valence-electron chi connectivity index (χ3n) is 6.80. The van der Waals surface area contributed by atoms with Crippen molar-refractivity contribution in [1.82, 2.24) is 30.2 Å². The summed E-state index contributed by atoms with van der Waals surface area (Å²) in [5.41, 5.74) is 6.02. The number of anilines is 3. The van der Waals surface area contributed by atoms with Crippen LogP contribution >= 0.6 is 0 Å². The molecule has 9 nitrogen and oxygen atoms in total. The van der Waals surface area contributed by atoms with Gasteiger partial charge in [-0.2, -0.15) is 5.10 Å². The summed E-state index contributed by atoms with van der Waals surface area (Å²) in [7, 11) is 2.03. The molecule has 172 valence electrons. The molecular formula is C25H26N8O. The summed E-state index contributed by atoms with van der Waals surface area (Å²) < 4.78 is 1.80. The van der Waals surface area contributed by atoms with Gasteiger partial charge in [0.15, 0.2) is 5.65 Å². The second kappa shape index (κ2) is 8.42. The van der Waals surface area contributed by atoms with Crippen LogP contribution in [0.4, 0.5) is 17.2 Å². The number of carbonyl (C=O) groups is 1. The van der Waals surface area contributed by atoms with Crippen LogP contribution in [0.5, 0.6) is 0 Å². The van der Waals surface area contributed by atoms with E-state index in [0.29, 0.717) is 24.0 Å². The van der Waals surface area contributed by atoms with E-state index in [1.165, 1.54) is 0 Å². The van der Waals surface area contributed by atoms with Gasteiger partial charge in [-0.3, -0.25) is 4.79 Å². The van der Waals surface area contributed by atoms with Crippen molar-refractivity contribution in [3.8, 4) is 11.3 Å². The fraction of sp³-hybridized carbons (Fsp3) is 0.280. The van der Waals surface area contributed by atoms with Crippen LogP contribution in [0.1, 0.15) is 28.8 Å². The molecule has 9 heteroatoms. The smallest absolute Gasteiger partial charge is 0.254 e. The Kier molecular flexibility index (Phi) is 5.10. The number of pyridine rings is 1. The van der Waals surface area contributed by atoms with Crippen molar-refractivity contribution in [1.29, 1.82) is 0 Å². The van der Waals surface area contributed by atoms with Crippen molar-refractivity contribution in [2.24, 2.45) is 0 Å². The number of piperidine rings is 1. The van der Waals surface area contributed by atoms with Gasteiger partial charge in [-0.25, -0.2) is 14.5 Å². The molecular weight excluding hydrogens is 428 g/mol. The van der Waals surface area contributed by atoms with E-state index < -0.39 is 0 Å². The minimum absolute atomic E-state index is 0.0924. The zero-order valence-electron chi connectivity index (χ0n) is 19.0. The van der Waals surface area contributed by atoms with Crippen LogP contribution in [-0.4, -0.2) is 51.7 Å². The van der Waals surface area contributed by atoms with Gasteiger partial charge >= 0.3 is 0 Å². The fourth-order valence-electron chi connectivity index (χ4n) is 4.92. The number of aromatic nitrogens is 4. The number of nitrogens with zero attached hydrogens (tertiary/aromatic N) is 5. The van der Waals surface area contributed by atoms with E-state index in [4.69, 9.17) is 0 Å². The van der Waals surface area contributed by atoms with Gasteiger partial charge in [-0.15, -0.1) is 0 Å². The van der Waals surface area contributed by atoms with Crippen LogP contribution in [-0.2, 0) is 6.54 Å². The second-order valence-electron chi connectivity index (χ2n) is 8.71. The molecule has 5 heterocycles. The molecule has 0 saturated carbocycles. The zero-order valence-corrected chi connectivity index (χ0v) is 19.0. The van der Waals surface area contributed by atoms with Crippen molar-refractivity contribution in [2.45, 2.75) is 25.4 Å². The summed E-state index contributed by atoms with van der Waals surface area (Å²) >= 11 is 0. The van der Waals surface area contributed by atoms with Gasteiger partial charge in [0, 0.05) is 37.4 Å². The topological polar surface area (TPSA) is 99.5 Å². The summed E-state index contributed by atoms with van der Waals surface area (Å²) in [5, 5.41) is 14.1. The van der Waals surface area contributed by atoms with Gasteiger partial charge in [-0.1, -0.05) is 6.07 Å². The number of hydrogen-bond donors (Lipinski definition) is 3. The number of fused-ring (bicyclic) bond motifs is 2. The molecule has 0 unspecified atom stereocenters. The van der Waals surface area contributed by atoms with E-state index in [0.717, 1.165) is 59.8 Å². The number of amides is 1. The van der Waals surface area contributed by atoms with Crippen molar-refractivity contribution in [3.63, 3.8) is 0 Å². The molecule has 0 bridgehead atoms. The van der Waals surface area contributed by atoms with Crippen LogP contribution in [0.15, 0.2) is 55.0 Å². The minimum Gasteiger partial charge on any atom is -0.370 e. The van der Waals surface area contributed by atoms with E-state index in [-0.39, 0.29) is 5.91 Å². The summed E-state index contributed by atoms with van der Waals surface area (Å²) in [5.74, 6) is 0.616. The Morgan fingerprint density at radius 2 is 1.94 bits per heavy atom. The first-order valence-electron chi connectivity index (χ1n) is 11.6. The van der Waals surface area contributed by atoms with Gasteiger partial charge in [0.1, 0.15) is 5.82 Å². The zero-order chi connectivity index (χ0) is 23.1. The van der Waals surface area contributed by atoms with Gasteiger partial charge in [-0.05, 0) is 55.8 Å². The Morgan fingerprint density at radius 3 is 2.74 bits per heavy atom. The van der Waals surface area contributed by atoms with Crippen molar-refractivity contribution in [2.75, 3.05) is 30.4 Å². The van der Waals surface area contributed by atoms with Crippen molar-refractivity contribution < 1.29 is 4.79 Å². The van der Waals surface area contributed by atoms with Crippen molar-refractivity contribution >= 4 is 28.7 Å². The summed E-state index contributed by atoms with van der Waals surface area (Å²) in [6, 6.07) is 12.4. The molecule has 0 aliphatic carbocycles. The monoisotopic (exact) mass is 454 g/mol. The van der Waals surface area contributed by atoms with Crippen LogP contribution in [0.3, 0.4) is 0 Å². The third kappa shape index (κ3) is 3.54. The van der Waals surface area contributed by atoms with Gasteiger partial charge < -0.3 is 20.9 Å². The average Bonchev–Trinajstić information content (AvgIpc) is 3.49. The van der Waals surface area contributed by atoms with Crippen LogP contribution in [0.2, 0.25) is 0 Å². The lowest BCUT2D eigenvalue weighted by atomic mass is 9.99. The molecule has 3 aromatic heterocycles. The molecule has 1 fully saturated rings. The molecule has 2 aliphatic heterocycles. The molecule has 1 aromatic carbocycles. The molecule has 3 N–H and O–H groups in total. The molecule has 34 heavy (non-hydrogen) atoms. The van der Waals surface area contributed by atoms with Gasteiger partial charge in [0.2, 0.25) is 0 Å². The predicted octanol–water partition coefficient (Wildman–Crippen LogP) is 2.97. The highest BCUT2D eigenvalue weighted by molar-refractivity contribution is 6.06. The normalized spacial score (nSPS) is 16.0. The number of hydrogen-bond acceptors (Lipinski definition) is 7. The average molecular weight is 455 g/mol. The lowest BCUT2D eigenvalue weighted by molar-refractivity contribution is 0.0966. The summed E-state index contributed by atoms with van der Waals surface area (Å²) in [4.78, 5) is 24.2. The van der Waals surface area contributed by atoms with Gasteiger partial charge in [0.25, 0.3) is 5.91 Å². The predicted molar refractivity (Wildman–Crippen MR) is 131 cm³/mol. The first-order chi connectivity index (χ1) is 16.7. The standard InChI is InChI=1S/C25H26N8O/c1-26-16-8-11-32(12-9-16)17-4-7-22(27-13-17)31-20-6-5-18(19-14-29-25(34)24(19)20)21-15-28-23-3-2-10-30-33(21)23/h2-7,10,13,15-16,26H,8-9,11-12,14H2,1H3,(H,27,31)(H,29,34). The highest BCUT2D eigenvalue weighted by Crippen LogP contribution is 2.35. The Morgan fingerprint density at radius 1 is 1.06 bits per heavy atom. The molecule has 0 atom stereocenters. The Balaban J connectivity index is 1.28. The number of rotatable bonds is 5. The quantitative estimate of drug-likeness (QED) is 0.426. The largest absolute Gasteiger partial charge is 0.370 e. The van der Waals surface area contributed by atoms with E-state index in [2.05, 4.69) is 42.0 Å². The molecule has 2 aliphatic rings. The van der Waals surface area contributed by atoms with Crippen LogP contribution < -0.4 is 20.9 Å². The maximum Gasteiger partial charge on any atom is 0.254 e. The third-order valence-corrected chi connectivity index (χ3v) is 6.80. The van der Waals surface area contributed by atoms with Crippen LogP contribution in [0.25, 0.3) is 16.9 Å². The second-order valence-corrected chi connectivity index (χ2v) is 8.71. The number of imidazole rings is 1. The molecule has 4 aromatic rings. The Hall–Kier alpha value is -3.98. The Bertz CT molecular complexity index is 1360. The van der Waals surface area contributed by atoms with E-state index in [1.807, 2.05) is 43.6 Å². The first-order valence-corrected chi connectivity index (χ1v) is 11.6. The number of carbonyl (C=O) groups excluding carboxylic acids is 1. The lowest BCUT2D eigenvalue weighted by Crippen LogP contribution is -2.41. The highest BCUT2D eigenvalue weighted by atomic mass is 16.1. The van der Waals surface area contributed by atoms with Gasteiger partial charge in [0.05, 0.1) is 35.0 Å². The van der Waals surface area contributed by atoms with E-state index in [9.17, 15) is 4.79 Å². The molecule has 1 saturated heterocycles. The van der Waals surface area contributed by atoms with E-state index in [1.54, 1.807) is 16.9 Å². The first kappa shape index (κ1) is 20.6. The summed E-state index contributed by atoms with van der Waals surface area (Å²) in [6.07, 6.45) is 7.70. The fourth-order valence-corrected chi connectivity index (χ4v) is 4.92. The maximum absolute atomic E-state index is 12.8. The molecule has 0 radical (unpaired) electrons.